The van der Waals surface area contributed by atoms with E-state index in [9.17, 15) is 4.79 Å². The number of para-hydroxylation sites is 1. The van der Waals surface area contributed by atoms with Crippen LogP contribution in [0.25, 0.3) is 11.3 Å². The molecule has 34 heavy (non-hydrogen) atoms. The summed E-state index contributed by atoms with van der Waals surface area (Å²) < 4.78 is 11.4. The Bertz CT molecular complexity index is 1190. The number of nitrogens with two attached hydrogens (primary N) is 1. The zero-order valence-electron chi connectivity index (χ0n) is 19.5. The molecule has 0 aliphatic carbocycles. The molecule has 6 heteroatoms. The van der Waals surface area contributed by atoms with Gasteiger partial charge in [0.25, 0.3) is 0 Å². The van der Waals surface area contributed by atoms with Crippen molar-refractivity contribution in [2.45, 2.75) is 33.1 Å². The number of rotatable bonds is 11. The minimum atomic E-state index is -0.812. The van der Waals surface area contributed by atoms with Crippen molar-refractivity contribution >= 4 is 11.7 Å². The molecule has 3 aromatic rings. The summed E-state index contributed by atoms with van der Waals surface area (Å²) in [6, 6.07) is 19.1. The molecule has 2 aromatic carbocycles. The molecule has 4 N–H and O–H groups in total. The molecular weight excluding hydrogens is 428 g/mol. The van der Waals surface area contributed by atoms with Gasteiger partial charge in [0.2, 0.25) is 0 Å². The van der Waals surface area contributed by atoms with Crippen LogP contribution in [0.15, 0.2) is 94.3 Å². The van der Waals surface area contributed by atoms with Crippen LogP contribution in [-0.2, 0) is 11.2 Å². The molecule has 0 bridgehead atoms. The van der Waals surface area contributed by atoms with E-state index in [1.807, 2.05) is 73.7 Å². The van der Waals surface area contributed by atoms with Crippen molar-refractivity contribution in [1.29, 1.82) is 5.41 Å². The number of ether oxygens (including phenoxy) is 1. The van der Waals surface area contributed by atoms with Crippen molar-refractivity contribution in [3.8, 4) is 17.1 Å². The fraction of sp³-hybridized carbons (Fsp3) is 0.214. The summed E-state index contributed by atoms with van der Waals surface area (Å²) in [6.45, 7) is 4.04. The van der Waals surface area contributed by atoms with Crippen LogP contribution >= 0.6 is 0 Å². The number of carbonyl (C=O) groups is 1. The molecule has 1 heterocycles. The van der Waals surface area contributed by atoms with Crippen LogP contribution in [0.1, 0.15) is 37.8 Å². The molecule has 0 saturated carbocycles. The quantitative estimate of drug-likeness (QED) is 0.242. The van der Waals surface area contributed by atoms with Crippen molar-refractivity contribution in [3.63, 3.8) is 0 Å². The van der Waals surface area contributed by atoms with E-state index in [4.69, 9.17) is 25.4 Å². The normalized spacial score (nSPS) is 12.2. The highest BCUT2D eigenvalue weighted by molar-refractivity contribution is 6.11. The predicted octanol–water partition coefficient (Wildman–Crippen LogP) is 5.98. The fourth-order valence-electron chi connectivity index (χ4n) is 3.50. The number of hydrogen-bond donors (Lipinski definition) is 3. The van der Waals surface area contributed by atoms with E-state index < -0.39 is 5.97 Å². The lowest BCUT2D eigenvalue weighted by Gasteiger charge is -2.15. The van der Waals surface area contributed by atoms with E-state index in [2.05, 4.69) is 0 Å². The van der Waals surface area contributed by atoms with E-state index >= 15 is 0 Å². The van der Waals surface area contributed by atoms with Crippen LogP contribution in [0.3, 0.4) is 0 Å². The molecule has 176 valence electrons. The smallest absolute Gasteiger partial charge is 0.303 e. The molecule has 3 rings (SSSR count). The fourth-order valence-corrected chi connectivity index (χ4v) is 3.50. The van der Waals surface area contributed by atoms with E-state index in [-0.39, 0.29) is 6.42 Å². The number of aliphatic carboxylic acids is 1. The lowest BCUT2D eigenvalue weighted by atomic mass is 9.94. The zero-order valence-corrected chi connectivity index (χ0v) is 19.5. The first kappa shape index (κ1) is 24.6. The molecule has 0 spiro atoms. The van der Waals surface area contributed by atoms with E-state index in [0.29, 0.717) is 36.6 Å². The SMILES string of the molecule is CC(N)=C(Cc1ccccc1OC/C=C(\C)CCC(=O)O)C(=N)c1ccc(-c2ccco2)cc1. The molecule has 0 aliphatic rings. The van der Waals surface area contributed by atoms with Gasteiger partial charge in [-0.15, -0.1) is 0 Å². The Kier molecular flexibility index (Phi) is 8.46. The number of hydrogen-bond acceptors (Lipinski definition) is 5. The Morgan fingerprint density at radius 3 is 2.44 bits per heavy atom. The Morgan fingerprint density at radius 2 is 1.79 bits per heavy atom. The summed E-state index contributed by atoms with van der Waals surface area (Å²) in [5.41, 5.74) is 11.5. The lowest BCUT2D eigenvalue weighted by Crippen LogP contribution is -2.13. The maximum absolute atomic E-state index is 10.7. The van der Waals surface area contributed by atoms with Gasteiger partial charge in [-0.1, -0.05) is 48.0 Å². The molecule has 6 nitrogen and oxygen atoms in total. The molecule has 0 unspecified atom stereocenters. The topological polar surface area (TPSA) is 110 Å². The number of allylic oxidation sites excluding steroid dienone is 3. The van der Waals surface area contributed by atoms with Crippen LogP contribution in [-0.4, -0.2) is 23.4 Å². The van der Waals surface area contributed by atoms with Crippen molar-refractivity contribution < 1.29 is 19.1 Å². The van der Waals surface area contributed by atoms with Gasteiger partial charge in [0.15, 0.2) is 0 Å². The highest BCUT2D eigenvalue weighted by Gasteiger charge is 2.15. The number of nitrogens with one attached hydrogen (secondary N) is 1. The summed E-state index contributed by atoms with van der Waals surface area (Å²) in [7, 11) is 0. The van der Waals surface area contributed by atoms with Gasteiger partial charge < -0.3 is 20.0 Å². The summed E-state index contributed by atoms with van der Waals surface area (Å²) >= 11 is 0. The lowest BCUT2D eigenvalue weighted by molar-refractivity contribution is -0.136. The average Bonchev–Trinajstić information content (AvgIpc) is 3.36. The van der Waals surface area contributed by atoms with Gasteiger partial charge in [0.1, 0.15) is 18.1 Å². The van der Waals surface area contributed by atoms with Gasteiger partial charge in [-0.2, -0.15) is 0 Å². The van der Waals surface area contributed by atoms with Gasteiger partial charge in [0, 0.05) is 29.7 Å². The van der Waals surface area contributed by atoms with Crippen molar-refractivity contribution in [3.05, 3.63) is 101 Å². The maximum atomic E-state index is 10.7. The van der Waals surface area contributed by atoms with Crippen LogP contribution < -0.4 is 10.5 Å². The minimum absolute atomic E-state index is 0.105. The van der Waals surface area contributed by atoms with Crippen molar-refractivity contribution in [1.82, 2.24) is 0 Å². The monoisotopic (exact) mass is 458 g/mol. The van der Waals surface area contributed by atoms with Crippen LogP contribution in [0, 0.1) is 5.41 Å². The highest BCUT2D eigenvalue weighted by atomic mass is 16.5. The largest absolute Gasteiger partial charge is 0.489 e. The third-order valence-electron chi connectivity index (χ3n) is 5.50. The molecule has 0 atom stereocenters. The van der Waals surface area contributed by atoms with Gasteiger partial charge in [-0.25, -0.2) is 0 Å². The zero-order chi connectivity index (χ0) is 24.5. The molecule has 0 fully saturated rings. The van der Waals surface area contributed by atoms with E-state index in [0.717, 1.165) is 33.6 Å². The molecule has 0 aliphatic heterocycles. The summed E-state index contributed by atoms with van der Waals surface area (Å²) in [5.74, 6) is 0.681. The third-order valence-corrected chi connectivity index (χ3v) is 5.50. The first-order valence-electron chi connectivity index (χ1n) is 11.1. The first-order valence-corrected chi connectivity index (χ1v) is 11.1. The second-order valence-electron chi connectivity index (χ2n) is 8.13. The number of furan rings is 1. The maximum Gasteiger partial charge on any atom is 0.303 e. The Balaban J connectivity index is 1.72. The van der Waals surface area contributed by atoms with E-state index in [1.54, 1.807) is 13.2 Å². The Hall–Kier alpha value is -4.06. The second kappa shape index (κ2) is 11.7. The molecule has 0 saturated heterocycles. The van der Waals surface area contributed by atoms with Crippen molar-refractivity contribution in [2.24, 2.45) is 5.73 Å². The Morgan fingerprint density at radius 1 is 1.06 bits per heavy atom. The van der Waals surface area contributed by atoms with Crippen molar-refractivity contribution in [2.75, 3.05) is 6.61 Å². The Labute approximate surface area is 199 Å². The highest BCUT2D eigenvalue weighted by Crippen LogP contribution is 2.26. The molecule has 0 radical (unpaired) electrons. The second-order valence-corrected chi connectivity index (χ2v) is 8.13. The van der Waals surface area contributed by atoms with E-state index in [1.165, 1.54) is 0 Å². The average molecular weight is 459 g/mol. The number of carboxylic acids is 1. The van der Waals surface area contributed by atoms with Gasteiger partial charge in [0.05, 0.1) is 12.0 Å². The number of carboxylic acid groups (broad SMARTS) is 1. The predicted molar refractivity (Wildman–Crippen MR) is 134 cm³/mol. The minimum Gasteiger partial charge on any atom is -0.489 e. The van der Waals surface area contributed by atoms with Gasteiger partial charge in [-0.3, -0.25) is 10.2 Å². The standard InChI is InChI=1S/C28H30N2O4/c1-19(9-14-27(31)32)15-17-34-26-7-4-3-6-23(26)18-24(20(2)29)28(30)22-12-10-21(11-13-22)25-8-5-16-33-25/h3-8,10-13,15-16,30H,9,14,17-18,29H2,1-2H3,(H,31,32)/b19-15+,24-20?,30-28?. The van der Waals surface area contributed by atoms with Gasteiger partial charge >= 0.3 is 5.97 Å². The summed E-state index contributed by atoms with van der Waals surface area (Å²) in [6.07, 6.45) is 4.59. The van der Waals surface area contributed by atoms with Gasteiger partial charge in [-0.05, 0) is 55.7 Å². The van der Waals surface area contributed by atoms with Crippen LogP contribution in [0.5, 0.6) is 5.75 Å². The number of benzene rings is 2. The van der Waals surface area contributed by atoms with Crippen LogP contribution in [0.2, 0.25) is 0 Å². The molecule has 0 amide bonds. The third kappa shape index (κ3) is 6.72. The first-order chi connectivity index (χ1) is 16.3. The molecular formula is C28H30N2O4. The van der Waals surface area contributed by atoms with Crippen LogP contribution in [0.4, 0.5) is 0 Å². The summed E-state index contributed by atoms with van der Waals surface area (Å²) in [4.78, 5) is 10.7. The summed E-state index contributed by atoms with van der Waals surface area (Å²) in [5, 5.41) is 17.6. The molecule has 1 aromatic heterocycles.